The van der Waals surface area contributed by atoms with E-state index in [1.54, 1.807) is 42.7 Å². The molecule has 30 heavy (non-hydrogen) atoms. The molecule has 0 bridgehead atoms. The highest BCUT2D eigenvalue weighted by atomic mass is 16.2. The summed E-state index contributed by atoms with van der Waals surface area (Å²) in [5, 5.41) is 5.55. The Morgan fingerprint density at radius 3 is 2.40 bits per heavy atom. The summed E-state index contributed by atoms with van der Waals surface area (Å²) in [6, 6.07) is 16.2. The maximum atomic E-state index is 12.8. The molecule has 1 aliphatic heterocycles. The van der Waals surface area contributed by atoms with Gasteiger partial charge in [0.25, 0.3) is 5.91 Å². The van der Waals surface area contributed by atoms with E-state index in [9.17, 15) is 14.4 Å². The zero-order valence-corrected chi connectivity index (χ0v) is 16.4. The average molecular weight is 403 g/mol. The van der Waals surface area contributed by atoms with Crippen molar-refractivity contribution in [2.75, 3.05) is 4.90 Å². The number of hydrogen-bond donors (Lipinski definition) is 2. The average Bonchev–Trinajstić information content (AvgIpc) is 3.30. The van der Waals surface area contributed by atoms with Gasteiger partial charge in [-0.25, -0.2) is 14.7 Å². The van der Waals surface area contributed by atoms with Crippen molar-refractivity contribution in [3.05, 3.63) is 84.4 Å². The summed E-state index contributed by atoms with van der Waals surface area (Å²) in [5.74, 6) is -0.141. The number of para-hydroxylation sites is 1. The number of nitrogens with one attached hydrogen (secondary N) is 2. The van der Waals surface area contributed by atoms with Crippen molar-refractivity contribution < 1.29 is 14.4 Å². The molecule has 152 valence electrons. The van der Waals surface area contributed by atoms with E-state index in [-0.39, 0.29) is 12.3 Å². The number of carbonyl (C=O) groups is 3. The predicted octanol–water partition coefficient (Wildman–Crippen LogP) is 2.14. The highest BCUT2D eigenvalue weighted by Crippen LogP contribution is 2.22. The van der Waals surface area contributed by atoms with Crippen LogP contribution in [0.5, 0.6) is 0 Å². The van der Waals surface area contributed by atoms with E-state index >= 15 is 0 Å². The number of hydrogen-bond acceptors (Lipinski definition) is 4. The molecule has 2 heterocycles. The molecule has 1 aliphatic rings. The van der Waals surface area contributed by atoms with Gasteiger partial charge in [0, 0.05) is 19.4 Å². The monoisotopic (exact) mass is 403 g/mol. The van der Waals surface area contributed by atoms with Crippen LogP contribution in [0.3, 0.4) is 0 Å². The van der Waals surface area contributed by atoms with E-state index in [1.807, 2.05) is 41.9 Å². The summed E-state index contributed by atoms with van der Waals surface area (Å²) in [6.07, 6.45) is 3.30. The van der Waals surface area contributed by atoms with E-state index in [0.717, 1.165) is 10.5 Å². The zero-order chi connectivity index (χ0) is 21.1. The molecule has 0 aliphatic carbocycles. The van der Waals surface area contributed by atoms with Crippen molar-refractivity contribution in [1.29, 1.82) is 0 Å². The SMILES string of the molecule is Cn1ccnc1C(NC(=O)C[C@@H]1NC(=O)N(c2ccccc2)C1=O)c1ccccc1. The Hall–Kier alpha value is -3.94. The molecule has 4 rings (SSSR count). The summed E-state index contributed by atoms with van der Waals surface area (Å²) < 4.78 is 1.83. The molecule has 4 amide bonds. The van der Waals surface area contributed by atoms with Crippen LogP contribution in [0.2, 0.25) is 0 Å². The normalized spacial score (nSPS) is 17.0. The minimum Gasteiger partial charge on any atom is -0.342 e. The van der Waals surface area contributed by atoms with Crippen LogP contribution in [0.1, 0.15) is 23.9 Å². The van der Waals surface area contributed by atoms with Crippen LogP contribution < -0.4 is 15.5 Å². The van der Waals surface area contributed by atoms with Gasteiger partial charge in [-0.15, -0.1) is 0 Å². The van der Waals surface area contributed by atoms with Crippen LogP contribution >= 0.6 is 0 Å². The number of anilines is 1. The summed E-state index contributed by atoms with van der Waals surface area (Å²) in [5.41, 5.74) is 1.34. The topological polar surface area (TPSA) is 96.3 Å². The molecule has 0 saturated carbocycles. The first kappa shape index (κ1) is 19.4. The Morgan fingerprint density at radius 2 is 1.77 bits per heavy atom. The number of urea groups is 1. The van der Waals surface area contributed by atoms with Crippen LogP contribution in [0.15, 0.2) is 73.1 Å². The molecular formula is C22H21N5O3. The van der Waals surface area contributed by atoms with Gasteiger partial charge in [0.05, 0.1) is 12.1 Å². The number of aryl methyl sites for hydroxylation is 1. The number of nitrogens with zero attached hydrogens (tertiary/aromatic N) is 3. The third-order valence-electron chi connectivity index (χ3n) is 4.98. The Bertz CT molecular complexity index is 1060. The lowest BCUT2D eigenvalue weighted by atomic mass is 10.1. The lowest BCUT2D eigenvalue weighted by molar-refractivity contribution is -0.126. The molecule has 0 radical (unpaired) electrons. The fraction of sp³-hybridized carbons (Fsp3) is 0.182. The third-order valence-corrected chi connectivity index (χ3v) is 4.98. The number of imide groups is 1. The second kappa shape index (κ2) is 8.20. The largest absolute Gasteiger partial charge is 0.342 e. The molecular weight excluding hydrogens is 382 g/mol. The van der Waals surface area contributed by atoms with Crippen LogP contribution in [0.25, 0.3) is 0 Å². The molecule has 1 fully saturated rings. The fourth-order valence-corrected chi connectivity index (χ4v) is 3.49. The molecule has 3 aromatic rings. The lowest BCUT2D eigenvalue weighted by Crippen LogP contribution is -2.38. The summed E-state index contributed by atoms with van der Waals surface area (Å²) >= 11 is 0. The number of carbonyl (C=O) groups excluding carboxylic acids is 3. The maximum absolute atomic E-state index is 12.8. The van der Waals surface area contributed by atoms with Crippen molar-refractivity contribution >= 4 is 23.5 Å². The van der Waals surface area contributed by atoms with Crippen molar-refractivity contribution in [2.24, 2.45) is 7.05 Å². The smallest absolute Gasteiger partial charge is 0.329 e. The number of benzene rings is 2. The fourth-order valence-electron chi connectivity index (χ4n) is 3.49. The first-order valence-electron chi connectivity index (χ1n) is 9.55. The number of imidazole rings is 1. The molecule has 2 aromatic carbocycles. The van der Waals surface area contributed by atoms with Crippen molar-refractivity contribution in [2.45, 2.75) is 18.5 Å². The standard InChI is InChI=1S/C22H21N5O3/c1-26-13-12-23-20(26)19(15-8-4-2-5-9-15)25-18(28)14-17-21(29)27(22(30)24-17)16-10-6-3-7-11-16/h2-13,17,19H,14H2,1H3,(H,24,30)(H,25,28)/t17-,19?/m0/s1. The predicted molar refractivity (Wildman–Crippen MR) is 111 cm³/mol. The first-order chi connectivity index (χ1) is 14.5. The third kappa shape index (κ3) is 3.80. The van der Waals surface area contributed by atoms with Gasteiger partial charge >= 0.3 is 6.03 Å². The first-order valence-corrected chi connectivity index (χ1v) is 9.55. The van der Waals surface area contributed by atoms with Gasteiger partial charge in [0.15, 0.2) is 0 Å². The molecule has 1 unspecified atom stereocenters. The van der Waals surface area contributed by atoms with E-state index in [4.69, 9.17) is 0 Å². The minimum atomic E-state index is -0.921. The van der Waals surface area contributed by atoms with Crippen LogP contribution in [-0.2, 0) is 16.6 Å². The highest BCUT2D eigenvalue weighted by molar-refractivity contribution is 6.22. The Labute approximate surface area is 173 Å². The zero-order valence-electron chi connectivity index (χ0n) is 16.4. The maximum Gasteiger partial charge on any atom is 0.329 e. The van der Waals surface area contributed by atoms with Gasteiger partial charge in [-0.3, -0.25) is 9.59 Å². The van der Waals surface area contributed by atoms with E-state index in [2.05, 4.69) is 15.6 Å². The summed E-state index contributed by atoms with van der Waals surface area (Å²) in [7, 11) is 1.85. The second-order valence-corrected chi connectivity index (χ2v) is 7.02. The molecule has 1 aromatic heterocycles. The Kier molecular flexibility index (Phi) is 5.30. The number of rotatable bonds is 6. The number of amides is 4. The van der Waals surface area contributed by atoms with Gasteiger partial charge in [-0.1, -0.05) is 48.5 Å². The minimum absolute atomic E-state index is 0.165. The van der Waals surface area contributed by atoms with Crippen LogP contribution in [0.4, 0.5) is 10.5 Å². The van der Waals surface area contributed by atoms with Crippen molar-refractivity contribution in [3.8, 4) is 0 Å². The van der Waals surface area contributed by atoms with Crippen molar-refractivity contribution in [3.63, 3.8) is 0 Å². The molecule has 2 atom stereocenters. The highest BCUT2D eigenvalue weighted by Gasteiger charge is 2.40. The lowest BCUT2D eigenvalue weighted by Gasteiger charge is -2.20. The van der Waals surface area contributed by atoms with E-state index in [1.165, 1.54) is 0 Å². The quantitative estimate of drug-likeness (QED) is 0.617. The van der Waals surface area contributed by atoms with Gasteiger partial charge in [-0.2, -0.15) is 0 Å². The van der Waals surface area contributed by atoms with Gasteiger partial charge in [0.1, 0.15) is 17.9 Å². The summed E-state index contributed by atoms with van der Waals surface area (Å²) in [6.45, 7) is 0. The van der Waals surface area contributed by atoms with E-state index < -0.39 is 24.0 Å². The van der Waals surface area contributed by atoms with E-state index in [0.29, 0.717) is 11.5 Å². The second-order valence-electron chi connectivity index (χ2n) is 7.02. The van der Waals surface area contributed by atoms with Gasteiger partial charge in [0.2, 0.25) is 5.91 Å². The van der Waals surface area contributed by atoms with Crippen LogP contribution in [-0.4, -0.2) is 33.4 Å². The molecule has 1 saturated heterocycles. The molecule has 8 nitrogen and oxygen atoms in total. The van der Waals surface area contributed by atoms with Crippen LogP contribution in [0, 0.1) is 0 Å². The van der Waals surface area contributed by atoms with Gasteiger partial charge < -0.3 is 15.2 Å². The Morgan fingerprint density at radius 1 is 1.10 bits per heavy atom. The molecule has 8 heteroatoms. The summed E-state index contributed by atoms with van der Waals surface area (Å²) in [4.78, 5) is 43.3. The van der Waals surface area contributed by atoms with Gasteiger partial charge in [-0.05, 0) is 17.7 Å². The number of aromatic nitrogens is 2. The molecule has 0 spiro atoms. The van der Waals surface area contributed by atoms with Crippen molar-refractivity contribution in [1.82, 2.24) is 20.2 Å². The Balaban J connectivity index is 1.50. The molecule has 2 N–H and O–H groups in total.